The van der Waals surface area contributed by atoms with Gasteiger partial charge in [-0.2, -0.15) is 5.26 Å². The van der Waals surface area contributed by atoms with Crippen LogP contribution in [-0.4, -0.2) is 4.57 Å². The van der Waals surface area contributed by atoms with Gasteiger partial charge < -0.3 is 10.5 Å². The first-order chi connectivity index (χ1) is 15.1. The Morgan fingerprint density at radius 2 is 1.65 bits per heavy atom. The number of para-hydroxylation sites is 2. The molecule has 1 atom stereocenters. The smallest absolute Gasteiger partial charge is 0.263 e. The number of pyridine rings is 1. The highest BCUT2D eigenvalue weighted by atomic mass is 79.9. The minimum absolute atomic E-state index is 0.0185. The van der Waals surface area contributed by atoms with Crippen LogP contribution < -0.4 is 16.0 Å². The maximum atomic E-state index is 13.9. The fourth-order valence-corrected chi connectivity index (χ4v) is 4.35. The maximum absolute atomic E-state index is 13.9. The quantitative estimate of drug-likeness (QED) is 0.449. The van der Waals surface area contributed by atoms with Gasteiger partial charge in [0.05, 0.1) is 17.0 Å². The zero-order valence-corrected chi connectivity index (χ0v) is 17.8. The van der Waals surface area contributed by atoms with Crippen molar-refractivity contribution >= 4 is 26.8 Å². The molecule has 1 aliphatic heterocycles. The van der Waals surface area contributed by atoms with Gasteiger partial charge in [0, 0.05) is 15.5 Å². The summed E-state index contributed by atoms with van der Waals surface area (Å²) in [4.78, 5) is 13.9. The molecular formula is C25H16BrN3O2. The van der Waals surface area contributed by atoms with Crippen LogP contribution in [0, 0.1) is 11.3 Å². The normalized spacial score (nSPS) is 15.3. The van der Waals surface area contributed by atoms with Crippen molar-refractivity contribution in [3.8, 4) is 17.5 Å². The van der Waals surface area contributed by atoms with E-state index in [2.05, 4.69) is 22.0 Å². The van der Waals surface area contributed by atoms with E-state index in [0.29, 0.717) is 16.8 Å². The number of hydrogen-bond donors (Lipinski definition) is 1. The molecule has 2 heterocycles. The first kappa shape index (κ1) is 19.2. The van der Waals surface area contributed by atoms with Crippen molar-refractivity contribution in [2.45, 2.75) is 5.92 Å². The van der Waals surface area contributed by atoms with Gasteiger partial charge in [0.1, 0.15) is 17.4 Å². The Morgan fingerprint density at radius 3 is 2.35 bits per heavy atom. The minimum atomic E-state index is -0.631. The van der Waals surface area contributed by atoms with Crippen molar-refractivity contribution < 1.29 is 4.74 Å². The molecule has 0 spiro atoms. The number of benzene rings is 3. The van der Waals surface area contributed by atoms with E-state index in [1.165, 1.54) is 0 Å². The van der Waals surface area contributed by atoms with Crippen LogP contribution in [0.2, 0.25) is 0 Å². The van der Waals surface area contributed by atoms with Gasteiger partial charge in [-0.05, 0) is 42.0 Å². The molecule has 4 aromatic rings. The Labute approximate surface area is 186 Å². The fraction of sp³-hybridized carbons (Fsp3) is 0.0400. The Morgan fingerprint density at radius 1 is 0.968 bits per heavy atom. The van der Waals surface area contributed by atoms with Crippen molar-refractivity contribution in [3.63, 3.8) is 0 Å². The molecule has 3 aromatic carbocycles. The second-order valence-corrected chi connectivity index (χ2v) is 8.13. The number of halogens is 1. The summed E-state index contributed by atoms with van der Waals surface area (Å²) in [5, 5.41) is 10.6. The topological polar surface area (TPSA) is 81.0 Å². The third-order valence-corrected chi connectivity index (χ3v) is 5.99. The van der Waals surface area contributed by atoms with Gasteiger partial charge in [0.2, 0.25) is 5.88 Å². The van der Waals surface area contributed by atoms with E-state index in [-0.39, 0.29) is 17.0 Å². The summed E-state index contributed by atoms with van der Waals surface area (Å²) in [5.74, 6) is -0.212. The molecule has 0 saturated carbocycles. The van der Waals surface area contributed by atoms with Crippen LogP contribution in [0.3, 0.4) is 0 Å². The Kier molecular flexibility index (Phi) is 4.61. The van der Waals surface area contributed by atoms with E-state index >= 15 is 0 Å². The van der Waals surface area contributed by atoms with Crippen molar-refractivity contribution in [1.29, 1.82) is 5.26 Å². The van der Waals surface area contributed by atoms with Gasteiger partial charge in [-0.1, -0.05) is 58.4 Å². The molecule has 150 valence electrons. The molecule has 1 aromatic heterocycles. The number of nitrogens with zero attached hydrogens (tertiary/aromatic N) is 2. The molecule has 1 unspecified atom stereocenters. The minimum Gasteiger partial charge on any atom is -0.439 e. The van der Waals surface area contributed by atoms with Crippen LogP contribution in [0.15, 0.2) is 99.6 Å². The molecule has 1 aliphatic rings. The lowest BCUT2D eigenvalue weighted by Crippen LogP contribution is -2.31. The number of ether oxygens (including phenoxy) is 1. The summed E-state index contributed by atoms with van der Waals surface area (Å²) >= 11 is 3.44. The number of aromatic nitrogens is 1. The highest BCUT2D eigenvalue weighted by Gasteiger charge is 2.35. The van der Waals surface area contributed by atoms with Gasteiger partial charge >= 0.3 is 0 Å². The molecule has 0 aliphatic carbocycles. The van der Waals surface area contributed by atoms with Crippen molar-refractivity contribution in [1.82, 2.24) is 4.57 Å². The van der Waals surface area contributed by atoms with Crippen LogP contribution in [0.25, 0.3) is 16.6 Å². The number of rotatable bonds is 2. The predicted octanol–water partition coefficient (Wildman–Crippen LogP) is 4.97. The van der Waals surface area contributed by atoms with Crippen molar-refractivity contribution in [3.05, 3.63) is 116 Å². The number of nitrogens with two attached hydrogens (primary N) is 1. The van der Waals surface area contributed by atoms with Crippen LogP contribution in [0.1, 0.15) is 17.0 Å². The van der Waals surface area contributed by atoms with Crippen molar-refractivity contribution in [2.24, 2.45) is 5.73 Å². The summed E-state index contributed by atoms with van der Waals surface area (Å²) in [6.07, 6.45) is 0. The molecule has 2 N–H and O–H groups in total. The predicted molar refractivity (Wildman–Crippen MR) is 123 cm³/mol. The summed E-state index contributed by atoms with van der Waals surface area (Å²) in [7, 11) is 0. The van der Waals surface area contributed by atoms with E-state index < -0.39 is 5.92 Å². The van der Waals surface area contributed by atoms with E-state index in [1.807, 2.05) is 78.9 Å². The third kappa shape index (κ3) is 3.02. The van der Waals surface area contributed by atoms with E-state index in [4.69, 9.17) is 10.5 Å². The van der Waals surface area contributed by atoms with E-state index in [0.717, 1.165) is 21.1 Å². The molecule has 0 fully saturated rings. The Bertz CT molecular complexity index is 1450. The number of hydrogen-bond acceptors (Lipinski definition) is 4. The summed E-state index contributed by atoms with van der Waals surface area (Å²) in [5.41, 5.74) is 8.79. The van der Waals surface area contributed by atoms with Crippen LogP contribution >= 0.6 is 15.9 Å². The van der Waals surface area contributed by atoms with E-state index in [9.17, 15) is 10.1 Å². The monoisotopic (exact) mass is 469 g/mol. The number of nitriles is 1. The molecule has 6 heteroatoms. The van der Waals surface area contributed by atoms with Crippen molar-refractivity contribution in [2.75, 3.05) is 0 Å². The third-order valence-electron chi connectivity index (χ3n) is 5.46. The Balaban J connectivity index is 1.92. The molecule has 31 heavy (non-hydrogen) atoms. The van der Waals surface area contributed by atoms with Gasteiger partial charge in [-0.25, -0.2) is 0 Å². The molecule has 0 radical (unpaired) electrons. The number of fused-ring (bicyclic) bond motifs is 3. The van der Waals surface area contributed by atoms with Crippen LogP contribution in [0.5, 0.6) is 5.75 Å². The summed E-state index contributed by atoms with van der Waals surface area (Å²) < 4.78 is 8.48. The molecule has 5 rings (SSSR count). The SMILES string of the molecule is N#CC1=C(N)Oc2c(c(=O)n(-c3ccccc3)c3ccccc23)C1c1ccc(Br)cc1. The summed E-state index contributed by atoms with van der Waals surface area (Å²) in [6.45, 7) is 0. The standard InChI is InChI=1S/C25H16BrN3O2/c26-16-12-10-15(11-13-16)21-19(14-27)24(28)31-23-18-8-4-5-9-20(18)29(25(30)22(21)23)17-6-2-1-3-7-17/h1-13,21H,28H2. The molecule has 5 nitrogen and oxygen atoms in total. The highest BCUT2D eigenvalue weighted by Crippen LogP contribution is 2.43. The maximum Gasteiger partial charge on any atom is 0.263 e. The molecule has 0 bridgehead atoms. The second kappa shape index (κ2) is 7.46. The number of allylic oxidation sites excluding steroid dienone is 1. The van der Waals surface area contributed by atoms with Crippen LogP contribution in [-0.2, 0) is 0 Å². The largest absolute Gasteiger partial charge is 0.439 e. The lowest BCUT2D eigenvalue weighted by Gasteiger charge is -2.28. The first-order valence-electron chi connectivity index (χ1n) is 9.66. The molecular weight excluding hydrogens is 454 g/mol. The molecule has 0 amide bonds. The zero-order chi connectivity index (χ0) is 21.5. The van der Waals surface area contributed by atoms with Gasteiger partial charge in [-0.15, -0.1) is 0 Å². The fourth-order valence-electron chi connectivity index (χ4n) is 4.09. The lowest BCUT2D eigenvalue weighted by molar-refractivity contribution is 0.396. The van der Waals surface area contributed by atoms with Gasteiger partial charge in [0.15, 0.2) is 0 Å². The zero-order valence-electron chi connectivity index (χ0n) is 16.2. The highest BCUT2D eigenvalue weighted by molar-refractivity contribution is 9.10. The first-order valence-corrected chi connectivity index (χ1v) is 10.5. The summed E-state index contributed by atoms with van der Waals surface area (Å²) in [6, 6.07) is 26.7. The Hall–Kier alpha value is -3.82. The average Bonchev–Trinajstić information content (AvgIpc) is 2.80. The molecule has 0 saturated heterocycles. The average molecular weight is 470 g/mol. The lowest BCUT2D eigenvalue weighted by atomic mass is 9.83. The second-order valence-electron chi connectivity index (χ2n) is 7.21. The van der Waals surface area contributed by atoms with Gasteiger partial charge in [0.25, 0.3) is 5.56 Å². The van der Waals surface area contributed by atoms with Crippen LogP contribution in [0.4, 0.5) is 0 Å². The van der Waals surface area contributed by atoms with Gasteiger partial charge in [-0.3, -0.25) is 9.36 Å². The van der Waals surface area contributed by atoms with E-state index in [1.54, 1.807) is 4.57 Å².